The van der Waals surface area contributed by atoms with Crippen molar-refractivity contribution in [2.75, 3.05) is 6.61 Å². The molecule has 6 nitrogen and oxygen atoms in total. The maximum atomic E-state index is 13.0. The molecule has 2 saturated carbocycles. The number of carbonyl (C=O) groups is 3. The summed E-state index contributed by atoms with van der Waals surface area (Å²) in [5.74, 6) is -1.12. The highest BCUT2D eigenvalue weighted by atomic mass is 16.6. The molecule has 33 heavy (non-hydrogen) atoms. The first-order chi connectivity index (χ1) is 15.4. The lowest BCUT2D eigenvalue weighted by atomic mass is 9.63. The van der Waals surface area contributed by atoms with Gasteiger partial charge in [0.1, 0.15) is 6.10 Å². The molecule has 0 saturated heterocycles. The standard InChI is InChI=1S/C27H36O6/c1-13(2)8-21(30)32-25-15(4)22-18-9-14(3)23(31)19(18)10-17(12-28)11-20(22)24-26(6,7)27(24,25)33-16(5)29/h8-9,11,15,18-20,22,24-25,28H,10,12H2,1-7H3/t15-,18+,19?,20+,22?,24+,25+,27+/m0/s1. The Kier molecular flexibility index (Phi) is 5.75. The van der Waals surface area contributed by atoms with E-state index >= 15 is 0 Å². The second-order valence-corrected chi connectivity index (χ2v) is 11.3. The number of esters is 2. The van der Waals surface area contributed by atoms with E-state index in [4.69, 9.17) is 9.47 Å². The highest BCUT2D eigenvalue weighted by Crippen LogP contribution is 2.76. The van der Waals surface area contributed by atoms with Gasteiger partial charge < -0.3 is 14.6 Å². The second-order valence-electron chi connectivity index (χ2n) is 11.3. The number of ketones is 1. The molecule has 0 heterocycles. The number of carbonyl (C=O) groups excluding carboxylic acids is 3. The topological polar surface area (TPSA) is 89.9 Å². The predicted molar refractivity (Wildman–Crippen MR) is 123 cm³/mol. The molecule has 8 atom stereocenters. The van der Waals surface area contributed by atoms with E-state index in [0.29, 0.717) is 6.42 Å². The van der Waals surface area contributed by atoms with E-state index in [1.54, 1.807) is 0 Å². The quantitative estimate of drug-likeness (QED) is 0.393. The van der Waals surface area contributed by atoms with Crippen LogP contribution in [0.5, 0.6) is 0 Å². The number of ether oxygens (including phenoxy) is 2. The highest BCUT2D eigenvalue weighted by Gasteiger charge is 2.84. The number of hydrogen-bond acceptors (Lipinski definition) is 6. The third kappa shape index (κ3) is 3.44. The lowest BCUT2D eigenvalue weighted by Crippen LogP contribution is -2.53. The number of hydrogen-bond donors (Lipinski definition) is 1. The van der Waals surface area contributed by atoms with Crippen molar-refractivity contribution in [2.45, 2.75) is 66.6 Å². The minimum atomic E-state index is -0.942. The third-order valence-electron chi connectivity index (χ3n) is 8.65. The molecular formula is C27H36O6. The molecule has 0 spiro atoms. The van der Waals surface area contributed by atoms with Gasteiger partial charge in [0, 0.05) is 36.2 Å². The van der Waals surface area contributed by atoms with E-state index in [2.05, 4.69) is 32.9 Å². The van der Waals surface area contributed by atoms with E-state index in [-0.39, 0.29) is 47.9 Å². The van der Waals surface area contributed by atoms with Crippen LogP contribution < -0.4 is 0 Å². The summed E-state index contributed by atoms with van der Waals surface area (Å²) in [7, 11) is 0. The number of Topliss-reactive ketones (excluding diaryl/α,β-unsaturated/α-hetero) is 1. The highest BCUT2D eigenvalue weighted by molar-refractivity contribution is 5.99. The number of aliphatic hydroxyl groups is 1. The first-order valence-corrected chi connectivity index (χ1v) is 11.9. The molecule has 2 unspecified atom stereocenters. The Bertz CT molecular complexity index is 981. The summed E-state index contributed by atoms with van der Waals surface area (Å²) < 4.78 is 12.1. The van der Waals surface area contributed by atoms with Crippen LogP contribution >= 0.6 is 0 Å². The minimum Gasteiger partial charge on any atom is -0.455 e. The number of aliphatic hydroxyl groups excluding tert-OH is 1. The molecule has 180 valence electrons. The van der Waals surface area contributed by atoms with Crippen LogP contribution in [0.4, 0.5) is 0 Å². The van der Waals surface area contributed by atoms with Crippen molar-refractivity contribution in [1.29, 1.82) is 0 Å². The van der Waals surface area contributed by atoms with Gasteiger partial charge in [0.15, 0.2) is 11.4 Å². The lowest BCUT2D eigenvalue weighted by molar-refractivity contribution is -0.188. The fraction of sp³-hybridized carbons (Fsp3) is 0.667. The van der Waals surface area contributed by atoms with Crippen molar-refractivity contribution < 1.29 is 29.0 Å². The van der Waals surface area contributed by atoms with E-state index in [0.717, 1.165) is 16.7 Å². The molecule has 4 rings (SSSR count). The fourth-order valence-corrected chi connectivity index (χ4v) is 7.47. The van der Waals surface area contributed by atoms with Crippen LogP contribution in [0, 0.1) is 40.9 Å². The van der Waals surface area contributed by atoms with Crippen LogP contribution in [-0.4, -0.2) is 41.1 Å². The maximum absolute atomic E-state index is 13.0. The van der Waals surface area contributed by atoms with Crippen molar-refractivity contribution >= 4 is 17.7 Å². The van der Waals surface area contributed by atoms with Crippen molar-refractivity contribution in [3.63, 3.8) is 0 Å². The van der Waals surface area contributed by atoms with Gasteiger partial charge in [0.25, 0.3) is 0 Å². The Balaban J connectivity index is 1.85. The molecule has 1 N–H and O–H groups in total. The van der Waals surface area contributed by atoms with Crippen LogP contribution in [0.1, 0.15) is 54.9 Å². The van der Waals surface area contributed by atoms with Crippen LogP contribution in [-0.2, 0) is 23.9 Å². The number of rotatable bonds is 4. The summed E-state index contributed by atoms with van der Waals surface area (Å²) in [6.07, 6.45) is 5.58. The maximum Gasteiger partial charge on any atom is 0.331 e. The molecule has 2 fully saturated rings. The predicted octanol–water partition coefficient (Wildman–Crippen LogP) is 3.79. The van der Waals surface area contributed by atoms with Crippen LogP contribution in [0.25, 0.3) is 0 Å². The largest absolute Gasteiger partial charge is 0.455 e. The Hall–Kier alpha value is -2.21. The summed E-state index contributed by atoms with van der Waals surface area (Å²) in [5, 5.41) is 10.1. The molecule has 0 aliphatic heterocycles. The van der Waals surface area contributed by atoms with Crippen molar-refractivity contribution in [3.05, 3.63) is 34.9 Å². The molecule has 0 radical (unpaired) electrons. The van der Waals surface area contributed by atoms with Crippen molar-refractivity contribution in [2.24, 2.45) is 40.9 Å². The zero-order chi connectivity index (χ0) is 24.5. The van der Waals surface area contributed by atoms with Gasteiger partial charge in [-0.1, -0.05) is 38.5 Å². The Labute approximate surface area is 196 Å². The molecule has 0 bridgehead atoms. The summed E-state index contributed by atoms with van der Waals surface area (Å²) in [4.78, 5) is 38.1. The summed E-state index contributed by atoms with van der Waals surface area (Å²) in [6, 6.07) is 0. The average molecular weight is 457 g/mol. The van der Waals surface area contributed by atoms with E-state index in [1.165, 1.54) is 13.0 Å². The van der Waals surface area contributed by atoms with Crippen molar-refractivity contribution in [1.82, 2.24) is 0 Å². The number of allylic oxidation sites excluding steroid dienone is 4. The van der Waals surface area contributed by atoms with Gasteiger partial charge >= 0.3 is 11.9 Å². The smallest absolute Gasteiger partial charge is 0.331 e. The van der Waals surface area contributed by atoms with Gasteiger partial charge in [-0.05, 0) is 56.1 Å². The molecule has 4 aliphatic rings. The van der Waals surface area contributed by atoms with Gasteiger partial charge in [-0.3, -0.25) is 9.59 Å². The number of fused-ring (bicyclic) bond motifs is 5. The van der Waals surface area contributed by atoms with Crippen LogP contribution in [0.2, 0.25) is 0 Å². The average Bonchev–Trinajstić information content (AvgIpc) is 3.13. The Morgan fingerprint density at radius 1 is 1.18 bits per heavy atom. The summed E-state index contributed by atoms with van der Waals surface area (Å²) in [6.45, 7) is 13.0. The third-order valence-corrected chi connectivity index (χ3v) is 8.65. The fourth-order valence-electron chi connectivity index (χ4n) is 7.47. The Morgan fingerprint density at radius 2 is 1.85 bits per heavy atom. The zero-order valence-electron chi connectivity index (χ0n) is 20.7. The van der Waals surface area contributed by atoms with Gasteiger partial charge in [-0.15, -0.1) is 0 Å². The van der Waals surface area contributed by atoms with E-state index in [9.17, 15) is 19.5 Å². The zero-order valence-corrected chi connectivity index (χ0v) is 20.7. The molecule has 4 aliphatic carbocycles. The summed E-state index contributed by atoms with van der Waals surface area (Å²) >= 11 is 0. The molecule has 0 aromatic rings. The van der Waals surface area contributed by atoms with Crippen molar-refractivity contribution in [3.8, 4) is 0 Å². The second kappa shape index (κ2) is 7.93. The molecular weight excluding hydrogens is 420 g/mol. The van der Waals surface area contributed by atoms with Gasteiger partial charge in [-0.2, -0.15) is 0 Å². The summed E-state index contributed by atoms with van der Waals surface area (Å²) in [5.41, 5.74) is 1.09. The van der Waals surface area contributed by atoms with Gasteiger partial charge in [-0.25, -0.2) is 4.79 Å². The molecule has 6 heteroatoms. The Morgan fingerprint density at radius 3 is 2.42 bits per heavy atom. The van der Waals surface area contributed by atoms with Gasteiger partial charge in [0.05, 0.1) is 6.61 Å². The van der Waals surface area contributed by atoms with Gasteiger partial charge in [0.2, 0.25) is 0 Å². The molecule has 0 amide bonds. The monoisotopic (exact) mass is 456 g/mol. The first-order valence-electron chi connectivity index (χ1n) is 11.9. The lowest BCUT2D eigenvalue weighted by Gasteiger charge is -2.46. The van der Waals surface area contributed by atoms with E-state index in [1.807, 2.05) is 20.8 Å². The minimum absolute atomic E-state index is 0.000134. The SMILES string of the molecule is CC(=O)O[C@@]12[C@H](OC(=O)C=C(C)C)[C@@H](C)C3[C@@H]4C=C(C)C(=O)C4CC(CO)=C[C@H]3[C@@H]1C2(C)C. The molecule has 0 aromatic carbocycles. The molecule has 0 aromatic heterocycles. The van der Waals surface area contributed by atoms with Crippen LogP contribution in [0.15, 0.2) is 34.9 Å². The normalized spacial score (nSPS) is 40.2. The van der Waals surface area contributed by atoms with Crippen LogP contribution in [0.3, 0.4) is 0 Å². The first kappa shape index (κ1) is 23.9. The van der Waals surface area contributed by atoms with E-state index < -0.39 is 29.1 Å².